The molecule has 7 nitrogen and oxygen atoms in total. The molecule has 4 rings (SSSR count). The van der Waals surface area contributed by atoms with Gasteiger partial charge in [0.25, 0.3) is 0 Å². The van der Waals surface area contributed by atoms with E-state index in [4.69, 9.17) is 0 Å². The average Bonchev–Trinajstić information content (AvgIpc) is 3.05. The van der Waals surface area contributed by atoms with Crippen LogP contribution in [0, 0.1) is 0 Å². The molecule has 0 radical (unpaired) electrons. The Bertz CT molecular complexity index is 966. The quantitative estimate of drug-likeness (QED) is 0.622. The molecule has 2 aromatic rings. The molecule has 0 saturated carbocycles. The van der Waals surface area contributed by atoms with Crippen LogP contribution in [0.3, 0.4) is 0 Å². The van der Waals surface area contributed by atoms with Crippen molar-refractivity contribution in [2.45, 2.75) is 31.4 Å². The molecule has 8 heteroatoms. The van der Waals surface area contributed by atoms with Crippen molar-refractivity contribution in [3.63, 3.8) is 0 Å². The van der Waals surface area contributed by atoms with E-state index in [1.165, 1.54) is 16.0 Å². The minimum Gasteiger partial charge on any atom is -0.391 e. The van der Waals surface area contributed by atoms with Gasteiger partial charge in [0, 0.05) is 41.9 Å². The van der Waals surface area contributed by atoms with Gasteiger partial charge >= 0.3 is 6.03 Å². The fourth-order valence-corrected chi connectivity index (χ4v) is 4.42. The molecule has 3 N–H and O–H groups in total. The normalized spacial score (nSPS) is 21.3. The maximum absolute atomic E-state index is 13.0. The lowest BCUT2D eigenvalue weighted by atomic mass is 10.0. The van der Waals surface area contributed by atoms with Gasteiger partial charge in [0.05, 0.1) is 6.10 Å². The molecule has 0 aromatic heterocycles. The number of aliphatic hydroxyl groups excluding tert-OH is 1. The zero-order chi connectivity index (χ0) is 22.0. The maximum atomic E-state index is 13.0. The third kappa shape index (κ3) is 5.26. The van der Waals surface area contributed by atoms with E-state index in [9.17, 15) is 14.7 Å². The Morgan fingerprint density at radius 3 is 2.42 bits per heavy atom. The third-order valence-electron chi connectivity index (χ3n) is 5.94. The Kier molecular flexibility index (Phi) is 6.60. The lowest BCUT2D eigenvalue weighted by molar-refractivity contribution is -0.119. The van der Waals surface area contributed by atoms with Gasteiger partial charge in [-0.05, 0) is 67.4 Å². The number of amides is 3. The number of fused-ring (bicyclic) bond motifs is 1. The summed E-state index contributed by atoms with van der Waals surface area (Å²) < 4.78 is 0.909. The Labute approximate surface area is 190 Å². The van der Waals surface area contributed by atoms with Crippen molar-refractivity contribution in [1.82, 2.24) is 9.80 Å². The number of nitrogens with one attached hydrogen (secondary N) is 2. The molecular weight excluding hydrogens is 460 g/mol. The van der Waals surface area contributed by atoms with Crippen LogP contribution in [0.5, 0.6) is 0 Å². The van der Waals surface area contributed by atoms with Gasteiger partial charge in [0.1, 0.15) is 6.04 Å². The molecule has 31 heavy (non-hydrogen) atoms. The number of benzene rings is 2. The average molecular weight is 487 g/mol. The van der Waals surface area contributed by atoms with Gasteiger partial charge < -0.3 is 25.5 Å². The molecule has 2 aromatic carbocycles. The van der Waals surface area contributed by atoms with Crippen LogP contribution < -0.4 is 10.6 Å². The zero-order valence-corrected chi connectivity index (χ0v) is 19.1. The summed E-state index contributed by atoms with van der Waals surface area (Å²) in [7, 11) is 2.12. The van der Waals surface area contributed by atoms with Crippen molar-refractivity contribution in [2.24, 2.45) is 0 Å². The highest BCUT2D eigenvalue weighted by atomic mass is 79.9. The second kappa shape index (κ2) is 9.38. The largest absolute Gasteiger partial charge is 0.391 e. The van der Waals surface area contributed by atoms with E-state index in [-0.39, 0.29) is 18.9 Å². The number of carbonyl (C=O) groups excluding carboxylic acids is 2. The summed E-state index contributed by atoms with van der Waals surface area (Å²) in [4.78, 5) is 29.5. The second-order valence-corrected chi connectivity index (χ2v) is 9.19. The van der Waals surface area contributed by atoms with Crippen LogP contribution in [-0.4, -0.2) is 65.7 Å². The van der Waals surface area contributed by atoms with Crippen LogP contribution in [0.1, 0.15) is 17.5 Å². The SMILES string of the molecule is CN1CCc2ccc(NC(=O)C3C[C@@H](O)CN3C(=O)Nc3ccc(Br)cc3)cc2CC1. The molecule has 1 saturated heterocycles. The molecule has 2 heterocycles. The molecule has 1 unspecified atom stereocenters. The smallest absolute Gasteiger partial charge is 0.322 e. The number of β-amino-alcohol motifs (C(OH)–C–C–N with tert-alkyl or cyclic N) is 1. The highest BCUT2D eigenvalue weighted by Crippen LogP contribution is 2.24. The topological polar surface area (TPSA) is 84.9 Å². The van der Waals surface area contributed by atoms with E-state index in [0.717, 1.165) is 36.1 Å². The van der Waals surface area contributed by atoms with Crippen molar-refractivity contribution < 1.29 is 14.7 Å². The lowest BCUT2D eigenvalue weighted by Crippen LogP contribution is -2.45. The number of halogens is 1. The summed E-state index contributed by atoms with van der Waals surface area (Å²) in [6.45, 7) is 2.14. The Morgan fingerprint density at radius 1 is 1.00 bits per heavy atom. The molecular formula is C23H27BrN4O3. The van der Waals surface area contributed by atoms with Gasteiger partial charge in [0.2, 0.25) is 5.91 Å². The minimum atomic E-state index is -0.728. The first-order valence-corrected chi connectivity index (χ1v) is 11.3. The number of aliphatic hydroxyl groups is 1. The van der Waals surface area contributed by atoms with E-state index in [0.29, 0.717) is 5.69 Å². The molecule has 0 spiro atoms. The third-order valence-corrected chi connectivity index (χ3v) is 6.47. The van der Waals surface area contributed by atoms with Crippen LogP contribution in [0.25, 0.3) is 0 Å². The first-order valence-electron chi connectivity index (χ1n) is 10.5. The predicted molar refractivity (Wildman–Crippen MR) is 124 cm³/mol. The highest BCUT2D eigenvalue weighted by Gasteiger charge is 2.39. The van der Waals surface area contributed by atoms with Gasteiger partial charge in [-0.25, -0.2) is 4.79 Å². The summed E-state index contributed by atoms with van der Waals surface area (Å²) >= 11 is 3.36. The molecule has 2 atom stereocenters. The zero-order valence-electron chi connectivity index (χ0n) is 17.5. The van der Waals surface area contributed by atoms with E-state index in [2.05, 4.69) is 44.6 Å². The number of hydrogen-bond acceptors (Lipinski definition) is 4. The van der Waals surface area contributed by atoms with E-state index in [1.54, 1.807) is 12.1 Å². The van der Waals surface area contributed by atoms with Gasteiger partial charge in [-0.1, -0.05) is 22.0 Å². The van der Waals surface area contributed by atoms with Crippen LogP contribution in [0.2, 0.25) is 0 Å². The van der Waals surface area contributed by atoms with Crippen molar-refractivity contribution in [3.05, 3.63) is 58.1 Å². The maximum Gasteiger partial charge on any atom is 0.322 e. The van der Waals surface area contributed by atoms with Crippen molar-refractivity contribution >= 4 is 39.2 Å². The summed E-state index contributed by atoms with van der Waals surface area (Å²) in [6, 6.07) is 12.1. The van der Waals surface area contributed by atoms with Crippen molar-refractivity contribution in [1.29, 1.82) is 0 Å². The minimum absolute atomic E-state index is 0.122. The van der Waals surface area contributed by atoms with E-state index >= 15 is 0 Å². The van der Waals surface area contributed by atoms with Crippen LogP contribution in [0.15, 0.2) is 46.9 Å². The molecule has 3 amide bonds. The first-order chi connectivity index (χ1) is 14.9. The Balaban J connectivity index is 1.44. The monoisotopic (exact) mass is 486 g/mol. The second-order valence-electron chi connectivity index (χ2n) is 8.27. The summed E-state index contributed by atoms with van der Waals surface area (Å²) in [6.07, 6.45) is 1.43. The molecule has 0 aliphatic carbocycles. The van der Waals surface area contributed by atoms with Crippen molar-refractivity contribution in [2.75, 3.05) is 37.3 Å². The fourth-order valence-electron chi connectivity index (χ4n) is 4.16. The number of likely N-dealkylation sites (tertiary alicyclic amines) is 1. The Morgan fingerprint density at radius 2 is 1.68 bits per heavy atom. The van der Waals surface area contributed by atoms with Gasteiger partial charge in [-0.3, -0.25) is 4.79 Å². The number of carbonyl (C=O) groups is 2. The number of anilines is 2. The first kappa shape index (κ1) is 21.8. The summed E-state index contributed by atoms with van der Waals surface area (Å²) in [5, 5.41) is 15.9. The number of hydrogen-bond donors (Lipinski definition) is 3. The Hall–Kier alpha value is -2.42. The molecule has 2 aliphatic heterocycles. The molecule has 2 aliphatic rings. The summed E-state index contributed by atoms with van der Waals surface area (Å²) in [5.74, 6) is -0.284. The number of nitrogens with zero attached hydrogens (tertiary/aromatic N) is 2. The molecule has 1 fully saturated rings. The lowest BCUT2D eigenvalue weighted by Gasteiger charge is -2.24. The van der Waals surface area contributed by atoms with Crippen molar-refractivity contribution in [3.8, 4) is 0 Å². The van der Waals surface area contributed by atoms with Gasteiger partial charge in [-0.15, -0.1) is 0 Å². The summed E-state index contributed by atoms with van der Waals surface area (Å²) in [5.41, 5.74) is 3.92. The van der Waals surface area contributed by atoms with Crippen LogP contribution in [0.4, 0.5) is 16.2 Å². The van der Waals surface area contributed by atoms with Crippen LogP contribution >= 0.6 is 15.9 Å². The van der Waals surface area contributed by atoms with E-state index in [1.807, 2.05) is 24.3 Å². The number of likely N-dealkylation sites (N-methyl/N-ethyl adjacent to an activating group) is 1. The van der Waals surface area contributed by atoms with Gasteiger partial charge in [-0.2, -0.15) is 0 Å². The fraction of sp³-hybridized carbons (Fsp3) is 0.391. The predicted octanol–water partition coefficient (Wildman–Crippen LogP) is 3.09. The van der Waals surface area contributed by atoms with Crippen LogP contribution in [-0.2, 0) is 17.6 Å². The molecule has 164 valence electrons. The molecule has 0 bridgehead atoms. The standard InChI is InChI=1S/C23H27BrN4O3/c1-27-10-8-15-2-5-19(12-16(15)9-11-27)25-22(30)21-13-20(29)14-28(21)23(31)26-18-6-3-17(24)4-7-18/h2-7,12,20-21,29H,8-11,13-14H2,1H3,(H,25,30)(H,26,31)/t20-,21?/m1/s1. The highest BCUT2D eigenvalue weighted by molar-refractivity contribution is 9.10. The number of rotatable bonds is 3. The number of urea groups is 1. The van der Waals surface area contributed by atoms with Gasteiger partial charge in [0.15, 0.2) is 0 Å². The van der Waals surface area contributed by atoms with E-state index < -0.39 is 18.2 Å².